The Bertz CT molecular complexity index is 1570. The fourth-order valence-corrected chi connectivity index (χ4v) is 9.24. The van der Waals surface area contributed by atoms with Crippen LogP contribution in [0.15, 0.2) is 53.4 Å². The molecular weight excluding hydrogens is 659 g/mol. The van der Waals surface area contributed by atoms with Gasteiger partial charge in [-0.3, -0.25) is 9.59 Å². The Morgan fingerprint density at radius 1 is 0.830 bits per heavy atom. The molecule has 1 aliphatic carbocycles. The van der Waals surface area contributed by atoms with E-state index >= 15 is 0 Å². The molecule has 1 N–H and O–H groups in total. The molecule has 0 aromatic heterocycles. The van der Waals surface area contributed by atoms with E-state index in [9.17, 15) is 53.8 Å². The zero-order chi connectivity index (χ0) is 34.4. The molecule has 2 heterocycles. The molecule has 2 saturated heterocycles. The molecular formula is C32H34F7NO6S. The standard InChI is InChI=1S/C32H34F7NO6S/c33-30(31(34,35)36,32(37,38)39)25-10-8-24(9-11-25)29(14-15-40(19-29)27(41)21-4-6-22(7-5-21)28(42)43)47(44,45)26-3-1-2-23(18-26)20-12-16-46-17-13-20/h1-3,8-11,18,20-22H,4-7,12-17,19H2,(H,42,43). The van der Waals surface area contributed by atoms with Gasteiger partial charge in [0, 0.05) is 37.8 Å². The van der Waals surface area contributed by atoms with Gasteiger partial charge in [0.15, 0.2) is 9.84 Å². The number of benzene rings is 2. The van der Waals surface area contributed by atoms with Crippen LogP contribution < -0.4 is 0 Å². The van der Waals surface area contributed by atoms with Crippen molar-refractivity contribution in [3.63, 3.8) is 0 Å². The third-order valence-electron chi connectivity index (χ3n) is 9.93. The van der Waals surface area contributed by atoms with E-state index in [-0.39, 0.29) is 55.0 Å². The smallest absolute Gasteiger partial charge is 0.435 e. The van der Waals surface area contributed by atoms with Crippen molar-refractivity contribution in [1.82, 2.24) is 4.90 Å². The molecule has 1 unspecified atom stereocenters. The number of carboxylic acid groups (broad SMARTS) is 1. The highest BCUT2D eigenvalue weighted by atomic mass is 32.2. The number of sulfone groups is 1. The first-order chi connectivity index (χ1) is 21.9. The van der Waals surface area contributed by atoms with Gasteiger partial charge in [-0.25, -0.2) is 12.8 Å². The molecule has 2 aromatic carbocycles. The number of ether oxygens (including phenoxy) is 1. The lowest BCUT2D eigenvalue weighted by atomic mass is 9.81. The predicted molar refractivity (Wildman–Crippen MR) is 154 cm³/mol. The van der Waals surface area contributed by atoms with Gasteiger partial charge in [0.1, 0.15) is 4.75 Å². The fraction of sp³-hybridized carbons (Fsp3) is 0.562. The average molecular weight is 694 g/mol. The molecule has 0 bridgehead atoms. The molecule has 15 heteroatoms. The van der Waals surface area contributed by atoms with E-state index in [1.54, 1.807) is 12.1 Å². The Balaban J connectivity index is 1.54. The number of likely N-dealkylation sites (tertiary alicyclic amines) is 1. The molecule has 2 aromatic rings. The van der Waals surface area contributed by atoms with Crippen molar-refractivity contribution in [3.8, 4) is 0 Å². The first kappa shape index (κ1) is 35.1. The van der Waals surface area contributed by atoms with Crippen molar-refractivity contribution in [2.24, 2.45) is 11.8 Å². The maximum Gasteiger partial charge on any atom is 0.435 e. The molecule has 2 aliphatic heterocycles. The summed E-state index contributed by atoms with van der Waals surface area (Å²) in [5.74, 6) is -2.56. The molecule has 7 nitrogen and oxygen atoms in total. The second kappa shape index (κ2) is 12.7. The summed E-state index contributed by atoms with van der Waals surface area (Å²) in [7, 11) is -4.48. The van der Waals surface area contributed by atoms with E-state index in [0.29, 0.717) is 38.2 Å². The number of hydrogen-bond acceptors (Lipinski definition) is 5. The third kappa shape index (κ3) is 6.25. The number of carbonyl (C=O) groups excluding carboxylic acids is 1. The fourth-order valence-electron chi connectivity index (χ4n) is 7.11. The van der Waals surface area contributed by atoms with Crippen LogP contribution in [0, 0.1) is 11.8 Å². The summed E-state index contributed by atoms with van der Waals surface area (Å²) in [4.78, 5) is 26.2. The molecule has 1 saturated carbocycles. The molecule has 258 valence electrons. The van der Waals surface area contributed by atoms with Gasteiger partial charge < -0.3 is 14.7 Å². The van der Waals surface area contributed by atoms with Crippen LogP contribution in [0.4, 0.5) is 30.7 Å². The lowest BCUT2D eigenvalue weighted by molar-refractivity contribution is -0.348. The van der Waals surface area contributed by atoms with Crippen LogP contribution in [0.5, 0.6) is 0 Å². The predicted octanol–water partition coefficient (Wildman–Crippen LogP) is 6.66. The van der Waals surface area contributed by atoms with Crippen LogP contribution in [0.3, 0.4) is 0 Å². The number of amides is 1. The van der Waals surface area contributed by atoms with Gasteiger partial charge in [-0.15, -0.1) is 0 Å². The van der Waals surface area contributed by atoms with E-state index < -0.39 is 68.4 Å². The summed E-state index contributed by atoms with van der Waals surface area (Å²) in [5, 5.41) is 9.31. The zero-order valence-corrected chi connectivity index (χ0v) is 25.9. The maximum absolute atomic E-state index is 14.8. The second-order valence-corrected chi connectivity index (χ2v) is 14.8. The van der Waals surface area contributed by atoms with Crippen LogP contribution in [0.1, 0.15) is 67.6 Å². The van der Waals surface area contributed by atoms with Gasteiger partial charge in [-0.05, 0) is 74.1 Å². The van der Waals surface area contributed by atoms with Gasteiger partial charge in [0.05, 0.1) is 10.8 Å². The summed E-state index contributed by atoms with van der Waals surface area (Å²) in [6.45, 7) is 0.425. The first-order valence-electron chi connectivity index (χ1n) is 15.3. The Morgan fingerprint density at radius 2 is 1.40 bits per heavy atom. The molecule has 1 atom stereocenters. The highest BCUT2D eigenvalue weighted by Crippen LogP contribution is 2.54. The van der Waals surface area contributed by atoms with E-state index in [2.05, 4.69) is 0 Å². The molecule has 0 radical (unpaired) electrons. The van der Waals surface area contributed by atoms with E-state index in [0.717, 1.165) is 17.7 Å². The van der Waals surface area contributed by atoms with Crippen LogP contribution in [0.2, 0.25) is 0 Å². The number of alkyl halides is 7. The zero-order valence-electron chi connectivity index (χ0n) is 25.1. The van der Waals surface area contributed by atoms with E-state index in [1.807, 2.05) is 0 Å². The van der Waals surface area contributed by atoms with Gasteiger partial charge in [-0.1, -0.05) is 36.4 Å². The van der Waals surface area contributed by atoms with Gasteiger partial charge in [0.2, 0.25) is 5.91 Å². The van der Waals surface area contributed by atoms with Crippen LogP contribution in [-0.2, 0) is 34.6 Å². The number of hydrogen-bond donors (Lipinski definition) is 1. The molecule has 1 amide bonds. The lowest BCUT2D eigenvalue weighted by Gasteiger charge is -2.33. The Kier molecular flexibility index (Phi) is 9.47. The summed E-state index contributed by atoms with van der Waals surface area (Å²) >= 11 is 0. The number of carboxylic acids is 1. The summed E-state index contributed by atoms with van der Waals surface area (Å²) in [6.07, 6.45) is -10.6. The second-order valence-electron chi connectivity index (χ2n) is 12.6. The SMILES string of the molecule is O=C(O)C1CCC(C(=O)N2CCC(c3ccc(C(F)(C(F)(F)F)C(F)(F)F)cc3)(S(=O)(=O)c3cccc(C4CCOCC4)c3)C2)CC1. The maximum atomic E-state index is 14.8. The van der Waals surface area contributed by atoms with Crippen LogP contribution >= 0.6 is 0 Å². The van der Waals surface area contributed by atoms with Crippen LogP contribution in [0.25, 0.3) is 0 Å². The summed E-state index contributed by atoms with van der Waals surface area (Å²) < 4.78 is 128. The Morgan fingerprint density at radius 3 is 1.96 bits per heavy atom. The molecule has 0 spiro atoms. The monoisotopic (exact) mass is 693 g/mol. The van der Waals surface area contributed by atoms with E-state index in [1.165, 1.54) is 17.0 Å². The minimum Gasteiger partial charge on any atom is -0.481 e. The molecule has 47 heavy (non-hydrogen) atoms. The minimum absolute atomic E-state index is 0.000804. The van der Waals surface area contributed by atoms with E-state index in [4.69, 9.17) is 4.74 Å². The molecule has 3 fully saturated rings. The topological polar surface area (TPSA) is 101 Å². The molecule has 3 aliphatic rings. The Hall–Kier alpha value is -3.20. The normalized spacial score (nSPS) is 25.1. The lowest BCUT2D eigenvalue weighted by Crippen LogP contribution is -2.50. The van der Waals surface area contributed by atoms with Crippen molar-refractivity contribution in [2.75, 3.05) is 26.3 Å². The Labute approximate surface area is 267 Å². The van der Waals surface area contributed by atoms with Crippen molar-refractivity contribution in [1.29, 1.82) is 0 Å². The van der Waals surface area contributed by atoms with Gasteiger partial charge in [0.25, 0.3) is 0 Å². The number of halogens is 7. The highest BCUT2D eigenvalue weighted by Gasteiger charge is 2.73. The van der Waals surface area contributed by atoms with Crippen molar-refractivity contribution in [2.45, 2.75) is 78.5 Å². The minimum atomic E-state index is -6.35. The number of nitrogens with zero attached hydrogens (tertiary/aromatic N) is 1. The average Bonchev–Trinajstić information content (AvgIpc) is 3.51. The van der Waals surface area contributed by atoms with Gasteiger partial charge in [-0.2, -0.15) is 26.3 Å². The number of aliphatic carboxylic acids is 1. The molecule has 5 rings (SSSR count). The van der Waals surface area contributed by atoms with Crippen molar-refractivity contribution >= 4 is 21.7 Å². The first-order valence-corrected chi connectivity index (χ1v) is 16.8. The summed E-state index contributed by atoms with van der Waals surface area (Å²) in [5.41, 5.74) is -6.92. The van der Waals surface area contributed by atoms with Crippen molar-refractivity contribution < 1.29 is 58.6 Å². The quantitative estimate of drug-likeness (QED) is 0.326. The number of rotatable bonds is 7. The van der Waals surface area contributed by atoms with Crippen LogP contribution in [-0.4, -0.2) is 69.0 Å². The van der Waals surface area contributed by atoms with Gasteiger partial charge >= 0.3 is 24.0 Å². The van der Waals surface area contributed by atoms with Crippen molar-refractivity contribution in [3.05, 3.63) is 65.2 Å². The number of carbonyl (C=O) groups is 2. The largest absolute Gasteiger partial charge is 0.481 e. The summed E-state index contributed by atoms with van der Waals surface area (Å²) in [6, 6.07) is 8.28. The highest BCUT2D eigenvalue weighted by molar-refractivity contribution is 7.92. The third-order valence-corrected chi connectivity index (χ3v) is 12.4.